The normalized spacial score (nSPS) is 10.7. The quantitative estimate of drug-likeness (QED) is 0.686. The number of hydrogen-bond donors (Lipinski definition) is 1. The summed E-state index contributed by atoms with van der Waals surface area (Å²) in [5.41, 5.74) is 1.32. The second-order valence-corrected chi connectivity index (χ2v) is 6.00. The minimum absolute atomic E-state index is 0.0289. The molecule has 2 rings (SSSR count). The molecule has 19 heavy (non-hydrogen) atoms. The molecule has 0 spiro atoms. The maximum atomic E-state index is 12.2. The van der Waals surface area contributed by atoms with Crippen LogP contribution in [0.4, 0.5) is 5.69 Å². The molecule has 0 saturated heterocycles. The Morgan fingerprint density at radius 2 is 1.63 bits per heavy atom. The minimum atomic E-state index is -3.36. The average Bonchev–Trinajstić information content (AvgIpc) is 2.40. The van der Waals surface area contributed by atoms with Gasteiger partial charge in [-0.25, -0.2) is 8.42 Å². The zero-order valence-corrected chi connectivity index (χ0v) is 10.9. The molecule has 96 valence electrons. The second-order valence-electron chi connectivity index (χ2n) is 4.01. The van der Waals surface area contributed by atoms with Crippen LogP contribution in [0.3, 0.4) is 0 Å². The summed E-state index contributed by atoms with van der Waals surface area (Å²) in [5, 5.41) is 10.9. The Hall–Kier alpha value is -2.32. The first-order valence-corrected chi connectivity index (χ1v) is 7.29. The number of nitrogens with zero attached hydrogens (tertiary/aromatic N) is 1. The molecule has 0 fully saturated rings. The van der Waals surface area contributed by atoms with Gasteiger partial charge in [-0.1, -0.05) is 30.3 Å². The van der Waals surface area contributed by atoms with Crippen LogP contribution in [0.1, 0.15) is 5.56 Å². The Kier molecular flexibility index (Phi) is 3.83. The minimum Gasteiger partial charge on any atom is -0.293 e. The van der Waals surface area contributed by atoms with E-state index in [1.54, 1.807) is 30.5 Å². The molecule has 0 aliphatic heterocycles. The van der Waals surface area contributed by atoms with Crippen LogP contribution in [-0.4, -0.2) is 8.42 Å². The summed E-state index contributed by atoms with van der Waals surface area (Å²) >= 11 is 0. The molecule has 1 N–H and O–H groups in total. The molecule has 0 aliphatic carbocycles. The highest BCUT2D eigenvalue weighted by atomic mass is 32.2. The van der Waals surface area contributed by atoms with Gasteiger partial charge >= 0.3 is 0 Å². The van der Waals surface area contributed by atoms with Crippen molar-refractivity contribution in [1.82, 2.24) is 0 Å². The number of anilines is 1. The van der Waals surface area contributed by atoms with Gasteiger partial charge in [0.1, 0.15) is 0 Å². The van der Waals surface area contributed by atoms with E-state index in [4.69, 9.17) is 5.26 Å². The zero-order chi connectivity index (χ0) is 13.7. The van der Waals surface area contributed by atoms with E-state index < -0.39 is 9.84 Å². The van der Waals surface area contributed by atoms with Crippen molar-refractivity contribution in [2.45, 2.75) is 10.6 Å². The molecule has 5 heteroatoms. The van der Waals surface area contributed by atoms with Crippen LogP contribution in [0.25, 0.3) is 0 Å². The molecule has 2 aromatic carbocycles. The Labute approximate surface area is 112 Å². The lowest BCUT2D eigenvalue weighted by Crippen LogP contribution is -2.04. The van der Waals surface area contributed by atoms with Crippen LogP contribution < -0.4 is 5.32 Å². The molecule has 0 unspecified atom stereocenters. The standard InChI is InChI=1S/C14H12N2O2S/c15-11-16-13-6-8-14(9-7-13)19(17,18)10-12-4-2-1-3-5-12/h1-9,16H,10H2. The van der Waals surface area contributed by atoms with E-state index in [1.807, 2.05) is 18.2 Å². The molecule has 0 heterocycles. The van der Waals surface area contributed by atoms with Crippen molar-refractivity contribution < 1.29 is 8.42 Å². The molecule has 0 bridgehead atoms. The first-order chi connectivity index (χ1) is 9.12. The van der Waals surface area contributed by atoms with Crippen LogP contribution in [0, 0.1) is 11.5 Å². The highest BCUT2D eigenvalue weighted by Gasteiger charge is 2.14. The van der Waals surface area contributed by atoms with E-state index in [0.717, 1.165) is 5.56 Å². The van der Waals surface area contributed by atoms with E-state index in [1.165, 1.54) is 12.1 Å². The van der Waals surface area contributed by atoms with Gasteiger partial charge < -0.3 is 0 Å². The van der Waals surface area contributed by atoms with Crippen molar-refractivity contribution in [2.24, 2.45) is 0 Å². The highest BCUT2D eigenvalue weighted by Crippen LogP contribution is 2.18. The SMILES string of the molecule is N#CNc1ccc(S(=O)(=O)Cc2ccccc2)cc1. The maximum absolute atomic E-state index is 12.2. The fourth-order valence-electron chi connectivity index (χ4n) is 1.69. The summed E-state index contributed by atoms with van der Waals surface area (Å²) in [6, 6.07) is 15.2. The summed E-state index contributed by atoms with van der Waals surface area (Å²) in [4.78, 5) is 0.250. The van der Waals surface area contributed by atoms with E-state index >= 15 is 0 Å². The number of sulfone groups is 1. The largest absolute Gasteiger partial charge is 0.293 e. The lowest BCUT2D eigenvalue weighted by Gasteiger charge is -2.05. The molecule has 0 aromatic heterocycles. The molecule has 0 aliphatic rings. The summed E-state index contributed by atoms with van der Waals surface area (Å²) in [5.74, 6) is -0.0289. The molecule has 0 atom stereocenters. The topological polar surface area (TPSA) is 70.0 Å². The number of hydrogen-bond acceptors (Lipinski definition) is 4. The van der Waals surface area contributed by atoms with Crippen LogP contribution in [0.2, 0.25) is 0 Å². The summed E-state index contributed by atoms with van der Waals surface area (Å²) < 4.78 is 24.4. The van der Waals surface area contributed by atoms with Gasteiger partial charge in [0.15, 0.2) is 16.0 Å². The zero-order valence-electron chi connectivity index (χ0n) is 10.1. The molecule has 0 saturated carbocycles. The first kappa shape index (κ1) is 13.1. The number of nitrogens with one attached hydrogen (secondary N) is 1. The fourth-order valence-corrected chi connectivity index (χ4v) is 3.04. The number of benzene rings is 2. The van der Waals surface area contributed by atoms with Crippen LogP contribution in [0.15, 0.2) is 59.5 Å². The van der Waals surface area contributed by atoms with Crippen LogP contribution >= 0.6 is 0 Å². The van der Waals surface area contributed by atoms with E-state index in [-0.39, 0.29) is 10.6 Å². The third-order valence-electron chi connectivity index (χ3n) is 2.61. The highest BCUT2D eigenvalue weighted by molar-refractivity contribution is 7.90. The molecular weight excluding hydrogens is 260 g/mol. The Morgan fingerprint density at radius 3 is 2.21 bits per heavy atom. The molecule has 0 radical (unpaired) electrons. The third kappa shape index (κ3) is 3.33. The summed E-state index contributed by atoms with van der Waals surface area (Å²) in [7, 11) is -3.36. The predicted molar refractivity (Wildman–Crippen MR) is 73.0 cm³/mol. The number of rotatable bonds is 4. The molecule has 2 aromatic rings. The van der Waals surface area contributed by atoms with E-state index in [0.29, 0.717) is 5.69 Å². The van der Waals surface area contributed by atoms with E-state index in [9.17, 15) is 8.42 Å². The Morgan fingerprint density at radius 1 is 1.00 bits per heavy atom. The van der Waals surface area contributed by atoms with Gasteiger partial charge in [0, 0.05) is 5.69 Å². The summed E-state index contributed by atoms with van der Waals surface area (Å²) in [6.07, 6.45) is 1.78. The predicted octanol–water partition coefficient (Wildman–Crippen LogP) is 2.55. The monoisotopic (exact) mass is 272 g/mol. The second kappa shape index (κ2) is 5.55. The van der Waals surface area contributed by atoms with Crippen molar-refractivity contribution in [3.05, 3.63) is 60.2 Å². The Bertz CT molecular complexity index is 686. The third-order valence-corrected chi connectivity index (χ3v) is 4.32. The maximum Gasteiger partial charge on any atom is 0.182 e. The van der Waals surface area contributed by atoms with E-state index in [2.05, 4.69) is 5.32 Å². The molecule has 4 nitrogen and oxygen atoms in total. The van der Waals surface area contributed by atoms with Gasteiger partial charge in [-0.3, -0.25) is 5.32 Å². The average molecular weight is 272 g/mol. The van der Waals surface area contributed by atoms with Gasteiger partial charge in [0.2, 0.25) is 0 Å². The van der Waals surface area contributed by atoms with Crippen LogP contribution in [0.5, 0.6) is 0 Å². The van der Waals surface area contributed by atoms with Crippen molar-refractivity contribution >= 4 is 15.5 Å². The van der Waals surface area contributed by atoms with Crippen molar-refractivity contribution in [3.8, 4) is 6.19 Å². The Balaban J connectivity index is 2.23. The molecule has 0 amide bonds. The fraction of sp³-hybridized carbons (Fsp3) is 0.0714. The van der Waals surface area contributed by atoms with Gasteiger partial charge in [0.05, 0.1) is 10.6 Å². The lowest BCUT2D eigenvalue weighted by atomic mass is 10.2. The van der Waals surface area contributed by atoms with Crippen molar-refractivity contribution in [2.75, 3.05) is 5.32 Å². The smallest absolute Gasteiger partial charge is 0.182 e. The van der Waals surface area contributed by atoms with Crippen molar-refractivity contribution in [1.29, 1.82) is 5.26 Å². The van der Waals surface area contributed by atoms with Gasteiger partial charge in [-0.15, -0.1) is 0 Å². The lowest BCUT2D eigenvalue weighted by molar-refractivity contribution is 0.595. The van der Waals surface area contributed by atoms with Crippen molar-refractivity contribution in [3.63, 3.8) is 0 Å². The van der Waals surface area contributed by atoms with Gasteiger partial charge in [-0.05, 0) is 29.8 Å². The number of nitriles is 1. The molecular formula is C14H12N2O2S. The first-order valence-electron chi connectivity index (χ1n) is 5.64. The van der Waals surface area contributed by atoms with Gasteiger partial charge in [-0.2, -0.15) is 5.26 Å². The van der Waals surface area contributed by atoms with Gasteiger partial charge in [0.25, 0.3) is 0 Å². The summed E-state index contributed by atoms with van der Waals surface area (Å²) in [6.45, 7) is 0. The van der Waals surface area contributed by atoms with Crippen LogP contribution in [-0.2, 0) is 15.6 Å².